The summed E-state index contributed by atoms with van der Waals surface area (Å²) in [4.78, 5) is 0.0753. The summed E-state index contributed by atoms with van der Waals surface area (Å²) >= 11 is 0. The number of rotatable bonds is 5. The third-order valence-corrected chi connectivity index (χ3v) is 3.79. The van der Waals surface area contributed by atoms with Crippen molar-refractivity contribution in [2.45, 2.75) is 4.90 Å². The Kier molecular flexibility index (Phi) is 3.61. The van der Waals surface area contributed by atoms with Gasteiger partial charge in [-0.1, -0.05) is 0 Å². The highest BCUT2D eigenvalue weighted by Crippen LogP contribution is 2.29. The number of nitrogens with zero attached hydrogens (tertiary/aromatic N) is 1. The maximum Gasteiger partial charge on any atom is 0.262 e. The van der Waals surface area contributed by atoms with Crippen molar-refractivity contribution in [1.82, 2.24) is 10.2 Å². The molecule has 0 aliphatic rings. The van der Waals surface area contributed by atoms with Gasteiger partial charge < -0.3 is 9.47 Å². The number of benzene rings is 1. The Morgan fingerprint density at radius 1 is 1.21 bits per heavy atom. The van der Waals surface area contributed by atoms with Gasteiger partial charge in [-0.25, -0.2) is 8.42 Å². The quantitative estimate of drug-likeness (QED) is 0.860. The summed E-state index contributed by atoms with van der Waals surface area (Å²) in [5, 5.41) is 6.19. The molecule has 0 radical (unpaired) electrons. The van der Waals surface area contributed by atoms with Gasteiger partial charge in [-0.15, -0.1) is 0 Å². The predicted molar refractivity (Wildman–Crippen MR) is 68.9 cm³/mol. The van der Waals surface area contributed by atoms with Gasteiger partial charge in [0, 0.05) is 12.3 Å². The smallest absolute Gasteiger partial charge is 0.262 e. The molecule has 8 heteroatoms. The molecule has 0 aliphatic heterocycles. The number of methoxy groups -OCH3 is 2. The molecule has 2 aromatic rings. The highest BCUT2D eigenvalue weighted by Gasteiger charge is 2.17. The fraction of sp³-hybridized carbons (Fsp3) is 0.182. The van der Waals surface area contributed by atoms with Gasteiger partial charge in [0.05, 0.1) is 31.0 Å². The second kappa shape index (κ2) is 5.19. The van der Waals surface area contributed by atoms with E-state index in [2.05, 4.69) is 14.9 Å². The molecule has 0 saturated carbocycles. The van der Waals surface area contributed by atoms with Gasteiger partial charge in [0.1, 0.15) is 0 Å². The Morgan fingerprint density at radius 2 is 1.95 bits per heavy atom. The van der Waals surface area contributed by atoms with E-state index in [9.17, 15) is 8.42 Å². The van der Waals surface area contributed by atoms with Crippen LogP contribution in [0.1, 0.15) is 0 Å². The Bertz CT molecular complexity index is 653. The molecule has 102 valence electrons. The van der Waals surface area contributed by atoms with E-state index in [1.807, 2.05) is 0 Å². The van der Waals surface area contributed by atoms with E-state index in [4.69, 9.17) is 9.47 Å². The molecule has 0 bridgehead atoms. The SMILES string of the molecule is COc1ccc(S(=O)(=O)Nc2cn[nH]c2)cc1OC. The Balaban J connectivity index is 2.35. The summed E-state index contributed by atoms with van der Waals surface area (Å²) in [6.45, 7) is 0. The van der Waals surface area contributed by atoms with Crippen molar-refractivity contribution in [3.05, 3.63) is 30.6 Å². The second-order valence-corrected chi connectivity index (χ2v) is 5.29. The van der Waals surface area contributed by atoms with E-state index in [0.717, 1.165) is 0 Å². The number of aromatic nitrogens is 2. The van der Waals surface area contributed by atoms with Gasteiger partial charge >= 0.3 is 0 Å². The van der Waals surface area contributed by atoms with Crippen molar-refractivity contribution in [2.75, 3.05) is 18.9 Å². The zero-order chi connectivity index (χ0) is 13.9. The number of aromatic amines is 1. The van der Waals surface area contributed by atoms with Gasteiger partial charge in [0.25, 0.3) is 10.0 Å². The first-order valence-electron chi connectivity index (χ1n) is 5.30. The third kappa shape index (κ3) is 2.79. The molecule has 0 spiro atoms. The van der Waals surface area contributed by atoms with Gasteiger partial charge in [0.15, 0.2) is 11.5 Å². The van der Waals surface area contributed by atoms with Crippen molar-refractivity contribution in [3.63, 3.8) is 0 Å². The number of anilines is 1. The Labute approximate surface area is 110 Å². The van der Waals surface area contributed by atoms with Crippen LogP contribution in [0.25, 0.3) is 0 Å². The van der Waals surface area contributed by atoms with Gasteiger partial charge in [-0.3, -0.25) is 9.82 Å². The average molecular weight is 283 g/mol. The summed E-state index contributed by atoms with van der Waals surface area (Å²) in [5.41, 5.74) is 0.356. The molecule has 1 aromatic heterocycles. The summed E-state index contributed by atoms with van der Waals surface area (Å²) in [6, 6.07) is 4.35. The Hall–Kier alpha value is -2.22. The van der Waals surface area contributed by atoms with Crippen LogP contribution < -0.4 is 14.2 Å². The number of H-pyrrole nitrogens is 1. The lowest BCUT2D eigenvalue weighted by atomic mass is 10.3. The van der Waals surface area contributed by atoms with Crippen molar-refractivity contribution in [2.24, 2.45) is 0 Å². The van der Waals surface area contributed by atoms with Crippen LogP contribution in [0.3, 0.4) is 0 Å². The van der Waals surface area contributed by atoms with Gasteiger partial charge in [-0.05, 0) is 12.1 Å². The molecular formula is C11H13N3O4S. The predicted octanol–water partition coefficient (Wildman–Crippen LogP) is 1.23. The molecule has 0 aliphatic carbocycles. The molecule has 2 N–H and O–H groups in total. The summed E-state index contributed by atoms with van der Waals surface area (Å²) in [6.07, 6.45) is 2.82. The van der Waals surface area contributed by atoms with Crippen LogP contribution in [0.15, 0.2) is 35.5 Å². The highest BCUT2D eigenvalue weighted by atomic mass is 32.2. The fourth-order valence-corrected chi connectivity index (χ4v) is 2.55. The van der Waals surface area contributed by atoms with Crippen LogP contribution in [-0.4, -0.2) is 32.8 Å². The monoisotopic (exact) mass is 283 g/mol. The largest absolute Gasteiger partial charge is 0.493 e. The van der Waals surface area contributed by atoms with Crippen LogP contribution in [0.2, 0.25) is 0 Å². The number of hydrogen-bond acceptors (Lipinski definition) is 5. The first-order valence-corrected chi connectivity index (χ1v) is 6.79. The van der Waals surface area contributed by atoms with E-state index in [0.29, 0.717) is 17.2 Å². The van der Waals surface area contributed by atoms with Crippen LogP contribution in [-0.2, 0) is 10.0 Å². The Morgan fingerprint density at radius 3 is 2.53 bits per heavy atom. The molecule has 0 fully saturated rings. The standard InChI is InChI=1S/C11H13N3O4S/c1-17-10-4-3-9(5-11(10)18-2)19(15,16)14-8-6-12-13-7-8/h3-7,14H,1-2H3,(H,12,13). The number of ether oxygens (including phenoxy) is 2. The van der Waals surface area contributed by atoms with E-state index in [-0.39, 0.29) is 4.90 Å². The van der Waals surface area contributed by atoms with Crippen molar-refractivity contribution < 1.29 is 17.9 Å². The summed E-state index contributed by atoms with van der Waals surface area (Å²) in [7, 11) is -0.762. The topological polar surface area (TPSA) is 93.3 Å². The normalized spacial score (nSPS) is 11.1. The minimum absolute atomic E-state index is 0.0753. The molecule has 2 rings (SSSR count). The lowest BCUT2D eigenvalue weighted by Crippen LogP contribution is -2.12. The van der Waals surface area contributed by atoms with E-state index in [1.165, 1.54) is 44.8 Å². The molecule has 0 amide bonds. The summed E-state index contributed by atoms with van der Waals surface area (Å²) in [5.74, 6) is 0.808. The maximum absolute atomic E-state index is 12.1. The van der Waals surface area contributed by atoms with Crippen LogP contribution >= 0.6 is 0 Å². The van der Waals surface area contributed by atoms with Crippen molar-refractivity contribution in [1.29, 1.82) is 0 Å². The minimum atomic E-state index is -3.69. The van der Waals surface area contributed by atoms with Crippen LogP contribution in [0, 0.1) is 0 Å². The lowest BCUT2D eigenvalue weighted by molar-refractivity contribution is 0.354. The summed E-state index contributed by atoms with van der Waals surface area (Å²) < 4.78 is 36.7. The number of sulfonamides is 1. The van der Waals surface area contributed by atoms with Crippen LogP contribution in [0.5, 0.6) is 11.5 Å². The number of hydrogen-bond donors (Lipinski definition) is 2. The molecule has 0 saturated heterocycles. The molecule has 0 unspecified atom stereocenters. The van der Waals surface area contributed by atoms with Crippen molar-refractivity contribution in [3.8, 4) is 11.5 Å². The highest BCUT2D eigenvalue weighted by molar-refractivity contribution is 7.92. The van der Waals surface area contributed by atoms with E-state index in [1.54, 1.807) is 0 Å². The molecule has 19 heavy (non-hydrogen) atoms. The average Bonchev–Trinajstić information content (AvgIpc) is 2.89. The molecule has 7 nitrogen and oxygen atoms in total. The van der Waals surface area contributed by atoms with E-state index < -0.39 is 10.0 Å². The zero-order valence-electron chi connectivity index (χ0n) is 10.4. The first-order chi connectivity index (χ1) is 9.06. The molecule has 1 heterocycles. The first kappa shape index (κ1) is 13.2. The van der Waals surface area contributed by atoms with Crippen LogP contribution in [0.4, 0.5) is 5.69 Å². The molecular weight excluding hydrogens is 270 g/mol. The minimum Gasteiger partial charge on any atom is -0.493 e. The van der Waals surface area contributed by atoms with Crippen molar-refractivity contribution >= 4 is 15.7 Å². The van der Waals surface area contributed by atoms with Gasteiger partial charge in [0.2, 0.25) is 0 Å². The lowest BCUT2D eigenvalue weighted by Gasteiger charge is -2.10. The van der Waals surface area contributed by atoms with E-state index >= 15 is 0 Å². The fourth-order valence-electron chi connectivity index (χ4n) is 1.50. The zero-order valence-corrected chi connectivity index (χ0v) is 11.2. The molecule has 0 atom stereocenters. The maximum atomic E-state index is 12.1. The number of nitrogens with one attached hydrogen (secondary N) is 2. The molecule has 1 aromatic carbocycles. The third-order valence-electron chi connectivity index (χ3n) is 2.42. The second-order valence-electron chi connectivity index (χ2n) is 3.61. The van der Waals surface area contributed by atoms with Gasteiger partial charge in [-0.2, -0.15) is 5.10 Å².